The summed E-state index contributed by atoms with van der Waals surface area (Å²) in [5, 5.41) is 0. The van der Waals surface area contributed by atoms with E-state index in [4.69, 9.17) is 5.73 Å². The van der Waals surface area contributed by atoms with Gasteiger partial charge in [0.05, 0.1) is 24.0 Å². The Hall–Kier alpha value is -2.67. The summed E-state index contributed by atoms with van der Waals surface area (Å²) < 4.78 is 0. The molecule has 3 rings (SSSR count). The third kappa shape index (κ3) is 4.67. The first-order chi connectivity index (χ1) is 13.8. The Balaban J connectivity index is 1.95. The molecule has 1 saturated carbocycles. The van der Waals surface area contributed by atoms with Crippen LogP contribution in [0.15, 0.2) is 29.4 Å². The van der Waals surface area contributed by atoms with Gasteiger partial charge in [-0.2, -0.15) is 0 Å². The van der Waals surface area contributed by atoms with E-state index in [2.05, 4.69) is 9.89 Å². The van der Waals surface area contributed by atoms with Gasteiger partial charge in [0.25, 0.3) is 0 Å². The Morgan fingerprint density at radius 1 is 1.28 bits per heavy atom. The van der Waals surface area contributed by atoms with Crippen molar-refractivity contribution in [3.8, 4) is 0 Å². The molecule has 7 nitrogen and oxygen atoms in total. The molecule has 0 radical (unpaired) electrons. The maximum atomic E-state index is 12.9. The van der Waals surface area contributed by atoms with E-state index < -0.39 is 0 Å². The van der Waals surface area contributed by atoms with Crippen LogP contribution in [0.25, 0.3) is 5.57 Å². The average molecular weight is 398 g/mol. The Morgan fingerprint density at radius 3 is 2.59 bits per heavy atom. The number of carbonyl (C=O) groups excluding carboxylic acids is 2. The van der Waals surface area contributed by atoms with E-state index in [1.165, 1.54) is 6.20 Å². The molecule has 0 aromatic heterocycles. The van der Waals surface area contributed by atoms with Gasteiger partial charge in [-0.1, -0.05) is 6.07 Å². The average Bonchev–Trinajstić information content (AvgIpc) is 3.51. The number of allylic oxidation sites excluding steroid dienone is 1. The molecule has 29 heavy (non-hydrogen) atoms. The van der Waals surface area contributed by atoms with Crippen LogP contribution < -0.4 is 15.5 Å². The Morgan fingerprint density at radius 2 is 2.00 bits per heavy atom. The number of fused-ring (bicyclic) bond motifs is 1. The van der Waals surface area contributed by atoms with E-state index >= 15 is 0 Å². The number of likely N-dealkylation sites (N-methyl/N-ethyl adjacent to an activating group) is 1. The van der Waals surface area contributed by atoms with Crippen LogP contribution >= 0.6 is 0 Å². The van der Waals surface area contributed by atoms with Crippen LogP contribution in [0, 0.1) is 5.92 Å². The van der Waals surface area contributed by atoms with Crippen LogP contribution in [0.1, 0.15) is 32.3 Å². The SMILES string of the molecule is CC(=O)N1c2ccc(/C(C=NCCN(C)C)=C/N)cc2N(C(=O)C2CC2)C[C@@H]1C. The maximum Gasteiger partial charge on any atom is 0.230 e. The van der Waals surface area contributed by atoms with Crippen LogP contribution in [0.3, 0.4) is 0 Å². The fourth-order valence-corrected chi connectivity index (χ4v) is 3.68. The molecule has 1 heterocycles. The fraction of sp³-hybridized carbons (Fsp3) is 0.500. The standard InChI is InChI=1S/C22H31N5O2/c1-15-14-26(22(29)17-5-6-17)21-11-18(7-8-20(21)27(15)16(2)28)19(12-23)13-24-9-10-25(3)4/h7-8,11-13,15,17H,5-6,9-10,14,23H2,1-4H3/b19-12+,24-13?/t15-/m0/s1. The zero-order valence-electron chi connectivity index (χ0n) is 17.8. The highest BCUT2D eigenvalue weighted by Gasteiger charge is 2.39. The van der Waals surface area contributed by atoms with Crippen LogP contribution in [0.2, 0.25) is 0 Å². The lowest BCUT2D eigenvalue weighted by atomic mass is 10.0. The van der Waals surface area contributed by atoms with E-state index in [0.29, 0.717) is 13.1 Å². The first-order valence-corrected chi connectivity index (χ1v) is 10.2. The van der Waals surface area contributed by atoms with Crippen molar-refractivity contribution in [1.29, 1.82) is 0 Å². The molecule has 0 bridgehead atoms. The summed E-state index contributed by atoms with van der Waals surface area (Å²) in [6.07, 6.45) is 5.19. The van der Waals surface area contributed by atoms with Crippen LogP contribution in [0.4, 0.5) is 11.4 Å². The van der Waals surface area contributed by atoms with E-state index in [9.17, 15) is 9.59 Å². The molecule has 2 N–H and O–H groups in total. The number of benzene rings is 1. The second-order valence-electron chi connectivity index (χ2n) is 8.13. The van der Waals surface area contributed by atoms with Crippen molar-refractivity contribution in [2.75, 3.05) is 43.5 Å². The minimum Gasteiger partial charge on any atom is -0.404 e. The van der Waals surface area contributed by atoms with E-state index in [0.717, 1.165) is 41.9 Å². The quantitative estimate of drug-likeness (QED) is 0.746. The molecular weight excluding hydrogens is 366 g/mol. The molecule has 1 aromatic rings. The number of nitrogens with zero attached hydrogens (tertiary/aromatic N) is 4. The van der Waals surface area contributed by atoms with Crippen molar-refractivity contribution < 1.29 is 9.59 Å². The van der Waals surface area contributed by atoms with Crippen LogP contribution in [0.5, 0.6) is 0 Å². The molecule has 1 atom stereocenters. The molecule has 1 aliphatic heterocycles. The van der Waals surface area contributed by atoms with Gasteiger partial charge in [0, 0.05) is 43.9 Å². The summed E-state index contributed by atoms with van der Waals surface area (Å²) in [7, 11) is 4.01. The van der Waals surface area contributed by atoms with Crippen LogP contribution in [-0.2, 0) is 9.59 Å². The van der Waals surface area contributed by atoms with E-state index in [1.54, 1.807) is 18.0 Å². The van der Waals surface area contributed by atoms with Crippen molar-refractivity contribution >= 4 is 35.0 Å². The number of carbonyl (C=O) groups is 2. The second-order valence-corrected chi connectivity index (χ2v) is 8.13. The molecule has 1 aromatic carbocycles. The third-order valence-corrected chi connectivity index (χ3v) is 5.36. The van der Waals surface area contributed by atoms with E-state index in [-0.39, 0.29) is 23.8 Å². The summed E-state index contributed by atoms with van der Waals surface area (Å²) in [6, 6.07) is 5.73. The lowest BCUT2D eigenvalue weighted by molar-refractivity contribution is -0.120. The molecular formula is C22H31N5O2. The minimum absolute atomic E-state index is 0.0233. The highest BCUT2D eigenvalue weighted by Crippen LogP contribution is 2.41. The van der Waals surface area contributed by atoms with Crippen molar-refractivity contribution in [2.45, 2.75) is 32.7 Å². The predicted molar refractivity (Wildman–Crippen MR) is 118 cm³/mol. The Labute approximate surface area is 172 Å². The molecule has 2 aliphatic rings. The summed E-state index contributed by atoms with van der Waals surface area (Å²) in [5.41, 5.74) is 9.08. The second kappa shape index (κ2) is 8.78. The fourth-order valence-electron chi connectivity index (χ4n) is 3.68. The van der Waals surface area contributed by atoms with Crippen molar-refractivity contribution in [3.05, 3.63) is 30.0 Å². The highest BCUT2D eigenvalue weighted by molar-refractivity contribution is 6.11. The van der Waals surface area contributed by atoms with Gasteiger partial charge in [-0.15, -0.1) is 0 Å². The molecule has 0 saturated heterocycles. The zero-order chi connectivity index (χ0) is 21.1. The van der Waals surface area contributed by atoms with Gasteiger partial charge in [-0.3, -0.25) is 14.6 Å². The molecule has 0 spiro atoms. The Kier molecular flexibility index (Phi) is 6.37. The number of anilines is 2. The molecule has 156 valence electrons. The highest BCUT2D eigenvalue weighted by atomic mass is 16.2. The summed E-state index contributed by atoms with van der Waals surface area (Å²) in [5.74, 6) is 0.237. The molecule has 1 fully saturated rings. The monoisotopic (exact) mass is 397 g/mol. The third-order valence-electron chi connectivity index (χ3n) is 5.36. The summed E-state index contributed by atoms with van der Waals surface area (Å²) in [4.78, 5) is 35.3. The topological polar surface area (TPSA) is 82.2 Å². The smallest absolute Gasteiger partial charge is 0.230 e. The molecule has 2 amide bonds. The molecule has 7 heteroatoms. The number of nitrogens with two attached hydrogens (primary N) is 1. The first kappa shape index (κ1) is 21.0. The van der Waals surface area contributed by atoms with Crippen molar-refractivity contribution in [3.63, 3.8) is 0 Å². The number of hydrogen-bond donors (Lipinski definition) is 1. The predicted octanol–water partition coefficient (Wildman–Crippen LogP) is 2.12. The molecule has 1 aliphatic carbocycles. The normalized spacial score (nSPS) is 19.8. The minimum atomic E-state index is -0.0642. The summed E-state index contributed by atoms with van der Waals surface area (Å²) in [6.45, 7) is 5.58. The number of aliphatic imine (C=N–C) groups is 1. The number of hydrogen-bond acceptors (Lipinski definition) is 5. The first-order valence-electron chi connectivity index (χ1n) is 10.2. The van der Waals surface area contributed by atoms with Gasteiger partial charge >= 0.3 is 0 Å². The lowest BCUT2D eigenvalue weighted by Gasteiger charge is -2.41. The molecule has 0 unspecified atom stereocenters. The maximum absolute atomic E-state index is 12.9. The van der Waals surface area contributed by atoms with Crippen molar-refractivity contribution in [2.24, 2.45) is 16.6 Å². The zero-order valence-corrected chi connectivity index (χ0v) is 17.8. The van der Waals surface area contributed by atoms with Gasteiger partial charge in [0.15, 0.2) is 0 Å². The van der Waals surface area contributed by atoms with Gasteiger partial charge in [0.2, 0.25) is 11.8 Å². The van der Waals surface area contributed by atoms with Gasteiger partial charge in [-0.05, 0) is 51.6 Å². The number of amides is 2. The van der Waals surface area contributed by atoms with Gasteiger partial charge < -0.3 is 20.4 Å². The van der Waals surface area contributed by atoms with Gasteiger partial charge in [0.1, 0.15) is 0 Å². The van der Waals surface area contributed by atoms with Crippen LogP contribution in [-0.4, -0.2) is 62.7 Å². The summed E-state index contributed by atoms with van der Waals surface area (Å²) >= 11 is 0. The van der Waals surface area contributed by atoms with E-state index in [1.807, 2.05) is 44.1 Å². The lowest BCUT2D eigenvalue weighted by Crippen LogP contribution is -2.51. The van der Waals surface area contributed by atoms with Crippen molar-refractivity contribution in [1.82, 2.24) is 4.90 Å². The largest absolute Gasteiger partial charge is 0.404 e. The number of rotatable bonds is 6. The Bertz CT molecular complexity index is 842. The van der Waals surface area contributed by atoms with Gasteiger partial charge in [-0.25, -0.2) is 0 Å².